The van der Waals surface area contributed by atoms with Crippen LogP contribution in [0.25, 0.3) is 0 Å². The first-order chi connectivity index (χ1) is 13.2. The number of anilines is 1. The zero-order valence-corrected chi connectivity index (χ0v) is 17.8. The monoisotopic (exact) mass is 404 g/mol. The third-order valence-corrected chi connectivity index (χ3v) is 6.80. The van der Waals surface area contributed by atoms with Gasteiger partial charge in [0.15, 0.2) is 6.54 Å². The van der Waals surface area contributed by atoms with E-state index in [1.165, 1.54) is 22.0 Å². The van der Waals surface area contributed by atoms with Crippen LogP contribution in [0.4, 0.5) is 5.69 Å². The molecule has 2 aromatic rings. The van der Waals surface area contributed by atoms with Gasteiger partial charge in [-0.1, -0.05) is 30.3 Å². The van der Waals surface area contributed by atoms with E-state index in [4.69, 9.17) is 0 Å². The summed E-state index contributed by atoms with van der Waals surface area (Å²) in [6.07, 6.45) is 0. The van der Waals surface area contributed by atoms with Gasteiger partial charge in [-0.05, 0) is 45.0 Å². The van der Waals surface area contributed by atoms with Crippen LogP contribution in [-0.2, 0) is 21.4 Å². The first kappa shape index (κ1) is 22.1. The normalized spacial score (nSPS) is 12.9. The highest BCUT2D eigenvalue weighted by Crippen LogP contribution is 2.18. The molecule has 0 fully saturated rings. The van der Waals surface area contributed by atoms with Gasteiger partial charge in [-0.25, -0.2) is 8.42 Å². The third-order valence-electron chi connectivity index (χ3n) is 4.75. The SMILES string of the molecule is CC[NH+](CC(=O)Nc1ccc(S(=O)(=O)N(C)C(C)C)cc1)Cc1ccccc1. The molecule has 0 aromatic heterocycles. The second kappa shape index (κ2) is 9.82. The molecule has 0 aliphatic heterocycles. The number of rotatable bonds is 9. The Morgan fingerprint density at radius 3 is 2.21 bits per heavy atom. The van der Waals surface area contributed by atoms with Crippen molar-refractivity contribution in [3.63, 3.8) is 0 Å². The molecule has 6 nitrogen and oxygen atoms in total. The molecular formula is C21H30N3O3S+. The summed E-state index contributed by atoms with van der Waals surface area (Å²) in [5, 5.41) is 2.85. The van der Waals surface area contributed by atoms with Crippen molar-refractivity contribution in [3.8, 4) is 0 Å². The Kier molecular flexibility index (Phi) is 7.74. The number of nitrogens with one attached hydrogen (secondary N) is 2. The van der Waals surface area contributed by atoms with Crippen LogP contribution in [0.15, 0.2) is 59.5 Å². The quantitative estimate of drug-likeness (QED) is 0.669. The summed E-state index contributed by atoms with van der Waals surface area (Å²) >= 11 is 0. The van der Waals surface area contributed by atoms with Crippen molar-refractivity contribution in [1.29, 1.82) is 0 Å². The van der Waals surface area contributed by atoms with E-state index >= 15 is 0 Å². The lowest BCUT2D eigenvalue weighted by molar-refractivity contribution is -0.903. The zero-order chi connectivity index (χ0) is 20.7. The van der Waals surface area contributed by atoms with Crippen LogP contribution in [0.2, 0.25) is 0 Å². The van der Waals surface area contributed by atoms with E-state index in [-0.39, 0.29) is 16.8 Å². The minimum Gasteiger partial charge on any atom is -0.324 e. The summed E-state index contributed by atoms with van der Waals surface area (Å²) in [5.74, 6) is -0.0947. The Morgan fingerprint density at radius 2 is 1.68 bits per heavy atom. The number of likely N-dealkylation sites (N-methyl/N-ethyl adjacent to an activating group) is 1. The number of nitrogens with zero attached hydrogens (tertiary/aromatic N) is 1. The molecular weight excluding hydrogens is 374 g/mol. The lowest BCUT2D eigenvalue weighted by Gasteiger charge is -2.21. The number of amides is 1. The minimum atomic E-state index is -3.52. The van der Waals surface area contributed by atoms with E-state index < -0.39 is 10.0 Å². The van der Waals surface area contributed by atoms with Gasteiger partial charge in [0.25, 0.3) is 5.91 Å². The molecule has 0 bridgehead atoms. The number of benzene rings is 2. The number of sulfonamides is 1. The van der Waals surface area contributed by atoms with Crippen LogP contribution in [-0.4, -0.2) is 44.8 Å². The van der Waals surface area contributed by atoms with Crippen molar-refractivity contribution in [2.75, 3.05) is 25.5 Å². The summed E-state index contributed by atoms with van der Waals surface area (Å²) in [6, 6.07) is 16.3. The summed E-state index contributed by atoms with van der Waals surface area (Å²) in [4.78, 5) is 13.8. The van der Waals surface area contributed by atoms with Gasteiger partial charge in [-0.2, -0.15) is 4.31 Å². The molecule has 0 aliphatic rings. The molecule has 0 saturated carbocycles. The Bertz CT molecular complexity index is 866. The Balaban J connectivity index is 1.98. The number of quaternary nitrogens is 1. The van der Waals surface area contributed by atoms with Crippen molar-refractivity contribution in [3.05, 3.63) is 60.2 Å². The van der Waals surface area contributed by atoms with Crippen molar-refractivity contribution < 1.29 is 18.1 Å². The standard InChI is InChI=1S/C21H29N3O3S/c1-5-24(15-18-9-7-6-8-10-18)16-21(25)22-19-11-13-20(14-12-19)28(26,27)23(4)17(2)3/h6-14,17H,5,15-16H2,1-4H3,(H,22,25)/p+1. The van der Waals surface area contributed by atoms with Crippen LogP contribution in [0.5, 0.6) is 0 Å². The lowest BCUT2D eigenvalue weighted by atomic mass is 10.2. The van der Waals surface area contributed by atoms with E-state index in [2.05, 4.69) is 24.4 Å². The van der Waals surface area contributed by atoms with Crippen molar-refractivity contribution in [2.24, 2.45) is 0 Å². The van der Waals surface area contributed by atoms with E-state index in [0.29, 0.717) is 12.2 Å². The van der Waals surface area contributed by atoms with E-state index in [1.807, 2.05) is 32.0 Å². The topological polar surface area (TPSA) is 70.9 Å². The molecule has 28 heavy (non-hydrogen) atoms. The van der Waals surface area contributed by atoms with Crippen LogP contribution in [0.1, 0.15) is 26.3 Å². The van der Waals surface area contributed by atoms with Gasteiger partial charge in [-0.15, -0.1) is 0 Å². The first-order valence-corrected chi connectivity index (χ1v) is 10.9. The molecule has 2 N–H and O–H groups in total. The highest BCUT2D eigenvalue weighted by atomic mass is 32.2. The molecule has 1 amide bonds. The molecule has 0 saturated heterocycles. The summed E-state index contributed by atoms with van der Waals surface area (Å²) in [5.41, 5.74) is 1.78. The molecule has 1 unspecified atom stereocenters. The van der Waals surface area contributed by atoms with Gasteiger partial charge in [0, 0.05) is 24.3 Å². The van der Waals surface area contributed by atoms with Gasteiger partial charge < -0.3 is 10.2 Å². The number of carbonyl (C=O) groups excluding carboxylic acids is 1. The van der Waals surface area contributed by atoms with Crippen molar-refractivity contribution in [2.45, 2.75) is 38.3 Å². The van der Waals surface area contributed by atoms with E-state index in [9.17, 15) is 13.2 Å². The fourth-order valence-corrected chi connectivity index (χ4v) is 4.15. The Morgan fingerprint density at radius 1 is 1.07 bits per heavy atom. The van der Waals surface area contributed by atoms with Gasteiger partial charge in [0.1, 0.15) is 6.54 Å². The van der Waals surface area contributed by atoms with Gasteiger partial charge >= 0.3 is 0 Å². The van der Waals surface area contributed by atoms with Crippen molar-refractivity contribution >= 4 is 21.6 Å². The molecule has 0 spiro atoms. The van der Waals surface area contributed by atoms with Crippen molar-refractivity contribution in [1.82, 2.24) is 4.31 Å². The zero-order valence-electron chi connectivity index (χ0n) is 17.0. The highest BCUT2D eigenvalue weighted by Gasteiger charge is 2.23. The second-order valence-electron chi connectivity index (χ2n) is 7.13. The highest BCUT2D eigenvalue weighted by molar-refractivity contribution is 7.89. The maximum Gasteiger partial charge on any atom is 0.279 e. The molecule has 7 heteroatoms. The van der Waals surface area contributed by atoms with Gasteiger partial charge in [0.05, 0.1) is 11.4 Å². The largest absolute Gasteiger partial charge is 0.324 e. The van der Waals surface area contributed by atoms with E-state index in [1.54, 1.807) is 19.2 Å². The second-order valence-corrected chi connectivity index (χ2v) is 9.13. The summed E-state index contributed by atoms with van der Waals surface area (Å²) < 4.78 is 26.3. The lowest BCUT2D eigenvalue weighted by Crippen LogP contribution is -3.11. The van der Waals surface area contributed by atoms with Crippen LogP contribution < -0.4 is 10.2 Å². The predicted molar refractivity (Wildman–Crippen MR) is 112 cm³/mol. The Hall–Kier alpha value is -2.22. The van der Waals surface area contributed by atoms with Crippen LogP contribution in [0, 0.1) is 0 Å². The number of carbonyl (C=O) groups is 1. The molecule has 0 aliphatic carbocycles. The van der Waals surface area contributed by atoms with Crippen LogP contribution >= 0.6 is 0 Å². The summed E-state index contributed by atoms with van der Waals surface area (Å²) in [7, 11) is -1.96. The molecule has 0 radical (unpaired) electrons. The maximum absolute atomic E-state index is 12.5. The molecule has 1 atom stereocenters. The average molecular weight is 405 g/mol. The minimum absolute atomic E-state index is 0.0947. The molecule has 152 valence electrons. The predicted octanol–water partition coefficient (Wildman–Crippen LogP) is 1.76. The number of hydrogen-bond acceptors (Lipinski definition) is 3. The van der Waals surface area contributed by atoms with Crippen LogP contribution in [0.3, 0.4) is 0 Å². The fourth-order valence-electron chi connectivity index (χ4n) is 2.78. The first-order valence-electron chi connectivity index (χ1n) is 9.49. The van der Waals surface area contributed by atoms with Gasteiger partial charge in [0.2, 0.25) is 10.0 Å². The smallest absolute Gasteiger partial charge is 0.279 e. The number of hydrogen-bond donors (Lipinski definition) is 2. The molecule has 2 rings (SSSR count). The van der Waals surface area contributed by atoms with E-state index in [0.717, 1.165) is 18.0 Å². The maximum atomic E-state index is 12.5. The third kappa shape index (κ3) is 5.89. The molecule has 2 aromatic carbocycles. The van der Waals surface area contributed by atoms with Gasteiger partial charge in [-0.3, -0.25) is 4.79 Å². The summed E-state index contributed by atoms with van der Waals surface area (Å²) in [6.45, 7) is 7.66. The fraction of sp³-hybridized carbons (Fsp3) is 0.381. The molecule has 0 heterocycles. The average Bonchev–Trinajstić information content (AvgIpc) is 2.67. The Labute approximate surface area is 168 Å².